The number of aryl methyl sites for hydroxylation is 2. The highest BCUT2D eigenvalue weighted by Crippen LogP contribution is 2.51. The molecule has 1 aromatic carbocycles. The maximum Gasteiger partial charge on any atom is 0.0871 e. The summed E-state index contributed by atoms with van der Waals surface area (Å²) < 4.78 is 0. The van der Waals surface area contributed by atoms with Crippen molar-refractivity contribution >= 4 is 0 Å². The first kappa shape index (κ1) is 13.2. The summed E-state index contributed by atoms with van der Waals surface area (Å²) in [6, 6.07) is 6.48. The molecule has 2 fully saturated rings. The van der Waals surface area contributed by atoms with Crippen molar-refractivity contribution < 1.29 is 5.11 Å². The van der Waals surface area contributed by atoms with E-state index in [-0.39, 0.29) is 0 Å². The first-order chi connectivity index (χ1) is 8.94. The minimum absolute atomic E-state index is 0.661. The predicted octanol–water partition coefficient (Wildman–Crippen LogP) is 4.34. The van der Waals surface area contributed by atoms with Gasteiger partial charge < -0.3 is 5.11 Å². The number of fused-ring (bicyclic) bond motifs is 2. The minimum atomic E-state index is -0.661. The largest absolute Gasteiger partial charge is 0.385 e. The van der Waals surface area contributed by atoms with Crippen LogP contribution in [0.25, 0.3) is 0 Å². The number of benzene rings is 1. The van der Waals surface area contributed by atoms with Crippen LogP contribution >= 0.6 is 0 Å². The van der Waals surface area contributed by atoms with E-state index in [4.69, 9.17) is 0 Å². The van der Waals surface area contributed by atoms with E-state index in [1.165, 1.54) is 36.8 Å². The molecule has 1 aromatic rings. The molecule has 0 heterocycles. The molecule has 0 aliphatic heterocycles. The molecular weight excluding hydrogens is 232 g/mol. The van der Waals surface area contributed by atoms with Crippen LogP contribution in [0.15, 0.2) is 18.2 Å². The van der Waals surface area contributed by atoms with Crippen molar-refractivity contribution in [2.45, 2.75) is 58.5 Å². The summed E-state index contributed by atoms with van der Waals surface area (Å²) in [6.07, 6.45) is 6.56. The Bertz CT molecular complexity index is 454. The molecule has 0 aromatic heterocycles. The standard InChI is InChI=1S/C18H26O/c1-12-6-13(2)8-17(7-12)18(3,19)11-16-10-14-4-5-15(16)9-14/h6-8,14-16,19H,4-5,9-11H2,1-3H3. The van der Waals surface area contributed by atoms with Crippen molar-refractivity contribution in [1.29, 1.82) is 0 Å². The second-order valence-corrected chi connectivity index (χ2v) is 7.29. The Labute approximate surface area is 117 Å². The van der Waals surface area contributed by atoms with Gasteiger partial charge in [0.05, 0.1) is 5.60 Å². The topological polar surface area (TPSA) is 20.2 Å². The zero-order valence-electron chi connectivity index (χ0n) is 12.4. The molecule has 2 aliphatic carbocycles. The summed E-state index contributed by atoms with van der Waals surface area (Å²) in [5.41, 5.74) is 2.95. The lowest BCUT2D eigenvalue weighted by atomic mass is 9.78. The van der Waals surface area contributed by atoms with Gasteiger partial charge in [0.15, 0.2) is 0 Å². The van der Waals surface area contributed by atoms with Gasteiger partial charge in [0, 0.05) is 0 Å². The number of hydrogen-bond donors (Lipinski definition) is 1. The highest BCUT2D eigenvalue weighted by atomic mass is 16.3. The van der Waals surface area contributed by atoms with Crippen LogP contribution in [0.5, 0.6) is 0 Å². The molecular formula is C18H26O. The van der Waals surface area contributed by atoms with Gasteiger partial charge in [-0.15, -0.1) is 0 Å². The van der Waals surface area contributed by atoms with E-state index < -0.39 is 5.60 Å². The SMILES string of the molecule is Cc1cc(C)cc(C(C)(O)CC2CC3CCC2C3)c1. The summed E-state index contributed by atoms with van der Waals surface area (Å²) in [5.74, 6) is 2.60. The third-order valence-electron chi connectivity index (χ3n) is 5.39. The zero-order valence-corrected chi connectivity index (χ0v) is 12.4. The van der Waals surface area contributed by atoms with Crippen molar-refractivity contribution in [2.75, 3.05) is 0 Å². The van der Waals surface area contributed by atoms with Crippen LogP contribution in [0.2, 0.25) is 0 Å². The second kappa shape index (κ2) is 4.63. The number of rotatable bonds is 3. The third-order valence-corrected chi connectivity index (χ3v) is 5.39. The molecule has 2 saturated carbocycles. The van der Waals surface area contributed by atoms with Gasteiger partial charge in [0.25, 0.3) is 0 Å². The lowest BCUT2D eigenvalue weighted by Gasteiger charge is -2.31. The summed E-state index contributed by atoms with van der Waals surface area (Å²) in [6.45, 7) is 6.24. The Kier molecular flexibility index (Phi) is 3.21. The summed E-state index contributed by atoms with van der Waals surface area (Å²) in [4.78, 5) is 0. The molecule has 19 heavy (non-hydrogen) atoms. The van der Waals surface area contributed by atoms with Crippen LogP contribution in [0.4, 0.5) is 0 Å². The Hall–Kier alpha value is -0.820. The lowest BCUT2D eigenvalue weighted by Crippen LogP contribution is -2.27. The van der Waals surface area contributed by atoms with E-state index >= 15 is 0 Å². The Morgan fingerprint density at radius 3 is 2.32 bits per heavy atom. The lowest BCUT2D eigenvalue weighted by molar-refractivity contribution is 0.0203. The maximum absolute atomic E-state index is 10.9. The van der Waals surface area contributed by atoms with Crippen molar-refractivity contribution in [3.8, 4) is 0 Å². The van der Waals surface area contributed by atoms with Crippen molar-refractivity contribution in [3.05, 3.63) is 34.9 Å². The average molecular weight is 258 g/mol. The fourth-order valence-electron chi connectivity index (χ4n) is 4.54. The first-order valence-electron chi connectivity index (χ1n) is 7.75. The zero-order chi connectivity index (χ0) is 13.6. The maximum atomic E-state index is 10.9. The monoisotopic (exact) mass is 258 g/mol. The van der Waals surface area contributed by atoms with Crippen LogP contribution in [0.1, 0.15) is 55.7 Å². The fraction of sp³-hybridized carbons (Fsp3) is 0.667. The highest BCUT2D eigenvalue weighted by Gasteiger charge is 2.42. The van der Waals surface area contributed by atoms with E-state index in [2.05, 4.69) is 32.0 Å². The molecule has 0 amide bonds. The molecule has 4 atom stereocenters. The molecule has 1 nitrogen and oxygen atoms in total. The minimum Gasteiger partial charge on any atom is -0.385 e. The number of aliphatic hydroxyl groups is 1. The molecule has 1 N–H and O–H groups in total. The van der Waals surface area contributed by atoms with Crippen LogP contribution < -0.4 is 0 Å². The van der Waals surface area contributed by atoms with E-state index in [9.17, 15) is 5.11 Å². The summed E-state index contributed by atoms with van der Waals surface area (Å²) in [7, 11) is 0. The van der Waals surface area contributed by atoms with Gasteiger partial charge in [0.2, 0.25) is 0 Å². The van der Waals surface area contributed by atoms with Gasteiger partial charge in [0.1, 0.15) is 0 Å². The molecule has 0 radical (unpaired) electrons. The molecule has 1 heteroatoms. The van der Waals surface area contributed by atoms with Crippen LogP contribution in [-0.4, -0.2) is 5.11 Å². The highest BCUT2D eigenvalue weighted by molar-refractivity contribution is 5.32. The molecule has 3 rings (SSSR count). The van der Waals surface area contributed by atoms with Gasteiger partial charge in [-0.1, -0.05) is 35.7 Å². The van der Waals surface area contributed by atoms with Gasteiger partial charge >= 0.3 is 0 Å². The average Bonchev–Trinajstić information content (AvgIpc) is 2.88. The molecule has 0 spiro atoms. The normalized spacial score (nSPS) is 32.5. The molecule has 4 unspecified atom stereocenters. The Balaban J connectivity index is 1.78. The van der Waals surface area contributed by atoms with Crippen molar-refractivity contribution in [2.24, 2.45) is 17.8 Å². The molecule has 2 aliphatic rings. The first-order valence-corrected chi connectivity index (χ1v) is 7.75. The van der Waals surface area contributed by atoms with E-state index in [0.29, 0.717) is 0 Å². The Morgan fingerprint density at radius 1 is 1.11 bits per heavy atom. The number of hydrogen-bond acceptors (Lipinski definition) is 1. The second-order valence-electron chi connectivity index (χ2n) is 7.29. The third kappa shape index (κ3) is 2.58. The van der Waals surface area contributed by atoms with Crippen molar-refractivity contribution in [3.63, 3.8) is 0 Å². The van der Waals surface area contributed by atoms with Gasteiger partial charge in [-0.3, -0.25) is 0 Å². The smallest absolute Gasteiger partial charge is 0.0871 e. The van der Waals surface area contributed by atoms with Crippen LogP contribution in [-0.2, 0) is 5.60 Å². The van der Waals surface area contributed by atoms with E-state index in [0.717, 1.165) is 29.7 Å². The Morgan fingerprint density at radius 2 is 1.79 bits per heavy atom. The predicted molar refractivity (Wildman–Crippen MR) is 79.0 cm³/mol. The van der Waals surface area contributed by atoms with Crippen LogP contribution in [0, 0.1) is 31.6 Å². The van der Waals surface area contributed by atoms with E-state index in [1.807, 2.05) is 6.92 Å². The summed E-state index contributed by atoms with van der Waals surface area (Å²) in [5, 5.41) is 10.9. The summed E-state index contributed by atoms with van der Waals surface area (Å²) >= 11 is 0. The fourth-order valence-corrected chi connectivity index (χ4v) is 4.54. The molecule has 0 saturated heterocycles. The van der Waals surface area contributed by atoms with Gasteiger partial charge in [-0.05, 0) is 69.8 Å². The van der Waals surface area contributed by atoms with Crippen LogP contribution in [0.3, 0.4) is 0 Å². The molecule has 104 valence electrons. The molecule has 2 bridgehead atoms. The van der Waals surface area contributed by atoms with Crippen molar-refractivity contribution in [1.82, 2.24) is 0 Å². The quantitative estimate of drug-likeness (QED) is 0.855. The van der Waals surface area contributed by atoms with Gasteiger partial charge in [-0.2, -0.15) is 0 Å². The van der Waals surface area contributed by atoms with Gasteiger partial charge in [-0.25, -0.2) is 0 Å². The van der Waals surface area contributed by atoms with E-state index in [1.54, 1.807) is 0 Å².